The van der Waals surface area contributed by atoms with E-state index in [1.807, 2.05) is 4.57 Å². The quantitative estimate of drug-likeness (QED) is 0.791. The molecule has 15 heavy (non-hydrogen) atoms. The first-order valence-electron chi connectivity index (χ1n) is 5.19. The molecule has 1 unspecified atom stereocenters. The van der Waals surface area contributed by atoms with E-state index in [1.54, 1.807) is 13.1 Å². The zero-order chi connectivity index (χ0) is 10.8. The lowest BCUT2D eigenvalue weighted by Gasteiger charge is -2.15. The van der Waals surface area contributed by atoms with E-state index in [0.717, 1.165) is 19.4 Å². The highest BCUT2D eigenvalue weighted by Gasteiger charge is 2.17. The van der Waals surface area contributed by atoms with Crippen molar-refractivity contribution in [2.75, 3.05) is 6.61 Å². The Morgan fingerprint density at radius 1 is 1.67 bits per heavy atom. The summed E-state index contributed by atoms with van der Waals surface area (Å²) in [6, 6.07) is 1.39. The van der Waals surface area contributed by atoms with Crippen LogP contribution in [0.3, 0.4) is 0 Å². The van der Waals surface area contributed by atoms with Crippen molar-refractivity contribution in [1.29, 1.82) is 0 Å². The van der Waals surface area contributed by atoms with Gasteiger partial charge in [0.05, 0.1) is 11.8 Å². The predicted octanol–water partition coefficient (Wildman–Crippen LogP) is 1.04. The van der Waals surface area contributed by atoms with Crippen molar-refractivity contribution in [3.05, 3.63) is 28.2 Å². The summed E-state index contributed by atoms with van der Waals surface area (Å²) in [6.07, 6.45) is 4.06. The molecule has 1 aromatic rings. The Labute approximate surface area is 88.1 Å². The number of hydrogen-bond donors (Lipinski definition) is 1. The Bertz CT molecular complexity index is 405. The molecule has 1 aliphatic heterocycles. The van der Waals surface area contributed by atoms with Gasteiger partial charge in [0.2, 0.25) is 5.43 Å². The summed E-state index contributed by atoms with van der Waals surface area (Å²) in [5, 5.41) is 9.49. The summed E-state index contributed by atoms with van der Waals surface area (Å²) in [7, 11) is 0. The van der Waals surface area contributed by atoms with Crippen molar-refractivity contribution in [2.45, 2.75) is 32.4 Å². The van der Waals surface area contributed by atoms with Crippen LogP contribution in [0, 0.1) is 6.92 Å². The molecule has 0 amide bonds. The summed E-state index contributed by atoms with van der Waals surface area (Å²) in [4.78, 5) is 11.1. The third-order valence-corrected chi connectivity index (χ3v) is 2.84. The number of nitrogens with zero attached hydrogens (tertiary/aromatic N) is 1. The first-order chi connectivity index (χ1) is 7.18. The summed E-state index contributed by atoms with van der Waals surface area (Å²) < 4.78 is 7.37. The van der Waals surface area contributed by atoms with E-state index in [9.17, 15) is 9.90 Å². The van der Waals surface area contributed by atoms with Gasteiger partial charge in [-0.1, -0.05) is 0 Å². The third-order valence-electron chi connectivity index (χ3n) is 2.84. The Hall–Kier alpha value is -1.29. The van der Waals surface area contributed by atoms with E-state index < -0.39 is 0 Å². The second kappa shape index (κ2) is 4.06. The number of rotatable bonds is 2. The minimum Gasteiger partial charge on any atom is -0.503 e. The van der Waals surface area contributed by atoms with Gasteiger partial charge in [0.25, 0.3) is 0 Å². The molecule has 82 valence electrons. The van der Waals surface area contributed by atoms with Gasteiger partial charge in [0, 0.05) is 25.4 Å². The van der Waals surface area contributed by atoms with Crippen LogP contribution < -0.4 is 5.43 Å². The molecule has 0 aliphatic carbocycles. The minimum atomic E-state index is -0.323. The maximum absolute atomic E-state index is 11.1. The molecule has 2 heterocycles. The fraction of sp³-hybridized carbons (Fsp3) is 0.545. The first-order valence-corrected chi connectivity index (χ1v) is 5.19. The normalized spacial score (nSPS) is 20.7. The molecule has 4 nitrogen and oxygen atoms in total. The number of aromatic nitrogens is 1. The molecule has 0 radical (unpaired) electrons. The number of hydrogen-bond acceptors (Lipinski definition) is 3. The minimum absolute atomic E-state index is 0.157. The molecule has 1 fully saturated rings. The van der Waals surface area contributed by atoms with Crippen molar-refractivity contribution < 1.29 is 9.84 Å². The topological polar surface area (TPSA) is 51.5 Å². The van der Waals surface area contributed by atoms with Crippen LogP contribution in [0.2, 0.25) is 0 Å². The summed E-state index contributed by atoms with van der Waals surface area (Å²) in [5.74, 6) is -0.157. The van der Waals surface area contributed by atoms with Gasteiger partial charge in [-0.25, -0.2) is 0 Å². The van der Waals surface area contributed by atoms with Gasteiger partial charge in [-0.3, -0.25) is 4.79 Å². The molecule has 1 N–H and O–H groups in total. The molecular formula is C11H15NO3. The Morgan fingerprint density at radius 3 is 3.13 bits per heavy atom. The molecule has 2 rings (SSSR count). The zero-order valence-electron chi connectivity index (χ0n) is 8.77. The van der Waals surface area contributed by atoms with Crippen molar-refractivity contribution in [1.82, 2.24) is 4.57 Å². The second-order valence-electron chi connectivity index (χ2n) is 3.90. The van der Waals surface area contributed by atoms with Gasteiger partial charge < -0.3 is 14.4 Å². The van der Waals surface area contributed by atoms with Crippen LogP contribution in [0.4, 0.5) is 0 Å². The lowest BCUT2D eigenvalue weighted by atomic mass is 10.2. The van der Waals surface area contributed by atoms with Crippen LogP contribution in [-0.4, -0.2) is 22.4 Å². The largest absolute Gasteiger partial charge is 0.503 e. The molecule has 1 atom stereocenters. The highest BCUT2D eigenvalue weighted by Crippen LogP contribution is 2.16. The van der Waals surface area contributed by atoms with Crippen LogP contribution in [0.25, 0.3) is 0 Å². The van der Waals surface area contributed by atoms with Crippen LogP contribution in [0.5, 0.6) is 5.75 Å². The lowest BCUT2D eigenvalue weighted by Crippen LogP contribution is -2.18. The molecule has 1 saturated heterocycles. The van der Waals surface area contributed by atoms with E-state index in [1.165, 1.54) is 6.07 Å². The summed E-state index contributed by atoms with van der Waals surface area (Å²) in [6.45, 7) is 3.27. The van der Waals surface area contributed by atoms with Crippen molar-refractivity contribution >= 4 is 0 Å². The van der Waals surface area contributed by atoms with Crippen molar-refractivity contribution in [3.8, 4) is 5.75 Å². The van der Waals surface area contributed by atoms with Gasteiger partial charge in [-0.2, -0.15) is 0 Å². The molecule has 1 aliphatic rings. The Balaban J connectivity index is 2.21. The lowest BCUT2D eigenvalue weighted by molar-refractivity contribution is 0.0962. The molecule has 4 heteroatoms. The van der Waals surface area contributed by atoms with Crippen LogP contribution in [-0.2, 0) is 11.3 Å². The maximum atomic E-state index is 11.1. The summed E-state index contributed by atoms with van der Waals surface area (Å²) in [5.41, 5.74) is 0.286. The number of pyridine rings is 1. The number of aromatic hydroxyl groups is 1. The highest BCUT2D eigenvalue weighted by atomic mass is 16.5. The SMILES string of the molecule is Cc1c(O)c(=O)ccn1CC1CCCO1. The Morgan fingerprint density at radius 2 is 2.47 bits per heavy atom. The van der Waals surface area contributed by atoms with Gasteiger partial charge in [-0.05, 0) is 19.8 Å². The molecule has 0 spiro atoms. The van der Waals surface area contributed by atoms with E-state index in [4.69, 9.17) is 4.74 Å². The fourth-order valence-corrected chi connectivity index (χ4v) is 1.87. The van der Waals surface area contributed by atoms with E-state index in [2.05, 4.69) is 0 Å². The van der Waals surface area contributed by atoms with Gasteiger partial charge in [0.1, 0.15) is 0 Å². The molecule has 1 aromatic heterocycles. The average molecular weight is 209 g/mol. The predicted molar refractivity (Wildman–Crippen MR) is 56.1 cm³/mol. The van der Waals surface area contributed by atoms with Crippen molar-refractivity contribution in [3.63, 3.8) is 0 Å². The third kappa shape index (κ3) is 2.04. The van der Waals surface area contributed by atoms with E-state index >= 15 is 0 Å². The van der Waals surface area contributed by atoms with Crippen LogP contribution >= 0.6 is 0 Å². The van der Waals surface area contributed by atoms with E-state index in [0.29, 0.717) is 12.2 Å². The summed E-state index contributed by atoms with van der Waals surface area (Å²) >= 11 is 0. The molecule has 0 aromatic carbocycles. The molecule has 0 bridgehead atoms. The average Bonchev–Trinajstić information content (AvgIpc) is 2.72. The van der Waals surface area contributed by atoms with Gasteiger partial charge in [0.15, 0.2) is 5.75 Å². The van der Waals surface area contributed by atoms with Gasteiger partial charge in [-0.15, -0.1) is 0 Å². The fourth-order valence-electron chi connectivity index (χ4n) is 1.87. The van der Waals surface area contributed by atoms with Crippen LogP contribution in [0.1, 0.15) is 18.5 Å². The van der Waals surface area contributed by atoms with Crippen LogP contribution in [0.15, 0.2) is 17.1 Å². The Kier molecular flexibility index (Phi) is 2.77. The van der Waals surface area contributed by atoms with E-state index in [-0.39, 0.29) is 17.3 Å². The molecule has 0 saturated carbocycles. The maximum Gasteiger partial charge on any atom is 0.223 e. The van der Waals surface area contributed by atoms with Crippen molar-refractivity contribution in [2.24, 2.45) is 0 Å². The monoisotopic (exact) mass is 209 g/mol. The van der Waals surface area contributed by atoms with Gasteiger partial charge >= 0.3 is 0 Å². The number of ether oxygens (including phenoxy) is 1. The molecular weight excluding hydrogens is 194 g/mol. The first kappa shape index (κ1) is 10.2. The highest BCUT2D eigenvalue weighted by molar-refractivity contribution is 5.25. The standard InChI is InChI=1S/C11H15NO3/c1-8-11(14)10(13)4-5-12(8)7-9-3-2-6-15-9/h4-5,9,14H,2-3,6-7H2,1H3. The zero-order valence-corrected chi connectivity index (χ0v) is 8.77. The second-order valence-corrected chi connectivity index (χ2v) is 3.90. The smallest absolute Gasteiger partial charge is 0.223 e.